The fraction of sp³-hybridized carbons (Fsp3) is 0.688. The summed E-state index contributed by atoms with van der Waals surface area (Å²) in [6, 6.07) is 0. The Balaban J connectivity index is 4.31. The van der Waals surface area contributed by atoms with Crippen molar-refractivity contribution >= 4 is 17.8 Å². The summed E-state index contributed by atoms with van der Waals surface area (Å²) in [5.41, 5.74) is 0. The summed E-state index contributed by atoms with van der Waals surface area (Å²) < 4.78 is 15.5. The number of amides is 1. The lowest BCUT2D eigenvalue weighted by molar-refractivity contribution is -0.149. The van der Waals surface area contributed by atoms with Crippen LogP contribution in [0.3, 0.4) is 0 Å². The van der Waals surface area contributed by atoms with Crippen molar-refractivity contribution in [3.8, 4) is 0 Å². The molecule has 0 rings (SSSR count). The molecule has 0 aliphatic heterocycles. The van der Waals surface area contributed by atoms with E-state index in [4.69, 9.17) is 19.3 Å². The Morgan fingerprint density at radius 2 is 1.46 bits per heavy atom. The molecule has 0 aromatic rings. The first-order valence-electron chi connectivity index (χ1n) is 8.02. The first-order valence-corrected chi connectivity index (χ1v) is 8.02. The van der Waals surface area contributed by atoms with Gasteiger partial charge in [0, 0.05) is 38.5 Å². The number of carbonyl (C=O) groups is 3. The van der Waals surface area contributed by atoms with Crippen LogP contribution in [0, 0.1) is 0 Å². The third kappa shape index (κ3) is 12.6. The first-order chi connectivity index (χ1) is 11.5. The average Bonchev–Trinajstić information content (AvgIpc) is 2.56. The summed E-state index contributed by atoms with van der Waals surface area (Å²) in [5.74, 6) is -2.52. The molecule has 0 atom stereocenters. The topological polar surface area (TPSA) is 102 Å². The van der Waals surface area contributed by atoms with Gasteiger partial charge in [0.05, 0.1) is 13.2 Å². The van der Waals surface area contributed by atoms with Gasteiger partial charge in [0.2, 0.25) is 0 Å². The second-order valence-electron chi connectivity index (χ2n) is 4.88. The normalized spacial score (nSPS) is 10.8. The van der Waals surface area contributed by atoms with E-state index in [1.807, 2.05) is 13.8 Å². The molecule has 0 aliphatic rings. The van der Waals surface area contributed by atoms with Crippen LogP contribution < -0.4 is 0 Å². The zero-order valence-corrected chi connectivity index (χ0v) is 14.4. The number of ether oxygens (including phenoxy) is 3. The van der Waals surface area contributed by atoms with Gasteiger partial charge in [-0.25, -0.2) is 9.59 Å². The highest BCUT2D eigenvalue weighted by molar-refractivity contribution is 5.91. The summed E-state index contributed by atoms with van der Waals surface area (Å²) in [4.78, 5) is 35.2. The molecule has 0 saturated heterocycles. The number of rotatable bonds is 14. The van der Waals surface area contributed by atoms with Crippen LogP contribution in [-0.2, 0) is 28.6 Å². The molecular formula is C16H27NO7. The molecule has 8 nitrogen and oxygen atoms in total. The van der Waals surface area contributed by atoms with E-state index < -0.39 is 18.5 Å². The van der Waals surface area contributed by atoms with Crippen LogP contribution in [0.15, 0.2) is 12.2 Å². The molecule has 0 unspecified atom stereocenters. The van der Waals surface area contributed by atoms with E-state index in [1.54, 1.807) is 0 Å². The predicted molar refractivity (Wildman–Crippen MR) is 86.5 cm³/mol. The Kier molecular flexibility index (Phi) is 13.5. The van der Waals surface area contributed by atoms with Gasteiger partial charge in [0.15, 0.2) is 6.61 Å². The molecule has 0 radical (unpaired) electrons. The van der Waals surface area contributed by atoms with Gasteiger partial charge in [0.1, 0.15) is 0 Å². The minimum absolute atomic E-state index is 0.372. The molecule has 138 valence electrons. The van der Waals surface area contributed by atoms with E-state index in [0.29, 0.717) is 45.6 Å². The van der Waals surface area contributed by atoms with Gasteiger partial charge >= 0.3 is 11.9 Å². The number of aliphatic carboxylic acids is 1. The molecule has 0 spiro atoms. The Morgan fingerprint density at radius 1 is 0.917 bits per heavy atom. The van der Waals surface area contributed by atoms with E-state index in [-0.39, 0.29) is 5.91 Å². The van der Waals surface area contributed by atoms with Gasteiger partial charge in [-0.15, -0.1) is 0 Å². The molecule has 0 aromatic heterocycles. The minimum Gasteiger partial charge on any atom is -0.478 e. The van der Waals surface area contributed by atoms with Gasteiger partial charge in [0.25, 0.3) is 5.91 Å². The summed E-state index contributed by atoms with van der Waals surface area (Å²) >= 11 is 0. The molecule has 24 heavy (non-hydrogen) atoms. The predicted octanol–water partition coefficient (Wildman–Crippen LogP) is 0.852. The molecule has 1 amide bonds. The lowest BCUT2D eigenvalue weighted by Crippen LogP contribution is -2.39. The Morgan fingerprint density at radius 3 is 1.92 bits per heavy atom. The number of carboxylic acid groups (broad SMARTS) is 1. The van der Waals surface area contributed by atoms with Crippen molar-refractivity contribution in [1.82, 2.24) is 4.90 Å². The summed E-state index contributed by atoms with van der Waals surface area (Å²) in [6.07, 6.45) is 3.19. The quantitative estimate of drug-likeness (QED) is 0.283. The largest absolute Gasteiger partial charge is 0.478 e. The van der Waals surface area contributed by atoms with Crippen molar-refractivity contribution in [1.29, 1.82) is 0 Å². The zero-order chi connectivity index (χ0) is 18.2. The van der Waals surface area contributed by atoms with Crippen LogP contribution >= 0.6 is 0 Å². The van der Waals surface area contributed by atoms with Crippen LogP contribution in [-0.4, -0.2) is 74.0 Å². The number of hydrogen-bond donors (Lipinski definition) is 1. The molecule has 1 N–H and O–H groups in total. The number of hydrogen-bond acceptors (Lipinski definition) is 6. The third-order valence-electron chi connectivity index (χ3n) is 2.76. The standard InChI is InChI=1S/C16H27NO7/c1-3-9-22-11-7-17(8-12-23-10-4-2)14(18)13-24-16(21)6-5-15(19)20/h5-6H,3-4,7-13H2,1-2H3,(H,19,20)/b6-5+. The maximum Gasteiger partial charge on any atom is 0.331 e. The van der Waals surface area contributed by atoms with Crippen LogP contribution in [0.1, 0.15) is 26.7 Å². The Bertz CT molecular complexity index is 397. The van der Waals surface area contributed by atoms with Gasteiger partial charge < -0.3 is 24.2 Å². The fourth-order valence-electron chi connectivity index (χ4n) is 1.62. The maximum atomic E-state index is 12.1. The highest BCUT2D eigenvalue weighted by atomic mass is 16.5. The maximum absolute atomic E-state index is 12.1. The first kappa shape index (κ1) is 22.1. The molecule has 0 saturated carbocycles. The zero-order valence-electron chi connectivity index (χ0n) is 14.4. The van der Waals surface area contributed by atoms with Gasteiger partial charge in [-0.05, 0) is 12.8 Å². The van der Waals surface area contributed by atoms with Crippen molar-refractivity contribution in [3.05, 3.63) is 12.2 Å². The second-order valence-corrected chi connectivity index (χ2v) is 4.88. The Hall–Kier alpha value is -1.93. The summed E-state index contributed by atoms with van der Waals surface area (Å²) in [6.45, 7) is 6.28. The van der Waals surface area contributed by atoms with Crippen LogP contribution in [0.2, 0.25) is 0 Å². The number of nitrogens with zero attached hydrogens (tertiary/aromatic N) is 1. The van der Waals surface area contributed by atoms with Crippen molar-refractivity contribution in [2.24, 2.45) is 0 Å². The molecule has 0 heterocycles. The molecule has 0 aliphatic carbocycles. The van der Waals surface area contributed by atoms with E-state index in [9.17, 15) is 14.4 Å². The lowest BCUT2D eigenvalue weighted by Gasteiger charge is -2.22. The Labute approximate surface area is 142 Å². The van der Waals surface area contributed by atoms with E-state index in [2.05, 4.69) is 0 Å². The SMILES string of the molecule is CCCOCCN(CCOCCC)C(=O)COC(=O)/C=C/C(=O)O. The smallest absolute Gasteiger partial charge is 0.331 e. The molecule has 0 aromatic carbocycles. The summed E-state index contributed by atoms with van der Waals surface area (Å²) in [7, 11) is 0. The molecular weight excluding hydrogens is 318 g/mol. The van der Waals surface area contributed by atoms with Crippen molar-refractivity contribution in [2.75, 3.05) is 46.1 Å². The van der Waals surface area contributed by atoms with E-state index in [1.165, 1.54) is 4.90 Å². The van der Waals surface area contributed by atoms with Crippen LogP contribution in [0.5, 0.6) is 0 Å². The fourth-order valence-corrected chi connectivity index (χ4v) is 1.62. The highest BCUT2D eigenvalue weighted by Crippen LogP contribution is 1.95. The van der Waals surface area contributed by atoms with E-state index in [0.717, 1.165) is 18.9 Å². The van der Waals surface area contributed by atoms with Gasteiger partial charge in [-0.1, -0.05) is 13.8 Å². The van der Waals surface area contributed by atoms with E-state index >= 15 is 0 Å². The van der Waals surface area contributed by atoms with Crippen LogP contribution in [0.4, 0.5) is 0 Å². The van der Waals surface area contributed by atoms with Gasteiger partial charge in [-0.2, -0.15) is 0 Å². The summed E-state index contributed by atoms with van der Waals surface area (Å²) in [5, 5.41) is 8.41. The third-order valence-corrected chi connectivity index (χ3v) is 2.76. The van der Waals surface area contributed by atoms with Crippen molar-refractivity contribution in [3.63, 3.8) is 0 Å². The molecule has 8 heteroatoms. The van der Waals surface area contributed by atoms with Crippen molar-refractivity contribution in [2.45, 2.75) is 26.7 Å². The van der Waals surface area contributed by atoms with Gasteiger partial charge in [-0.3, -0.25) is 4.79 Å². The number of esters is 1. The average molecular weight is 345 g/mol. The minimum atomic E-state index is -1.26. The highest BCUT2D eigenvalue weighted by Gasteiger charge is 2.15. The monoisotopic (exact) mass is 345 g/mol. The second kappa shape index (κ2) is 14.6. The molecule has 0 fully saturated rings. The van der Waals surface area contributed by atoms with Crippen LogP contribution in [0.25, 0.3) is 0 Å². The lowest BCUT2D eigenvalue weighted by atomic mass is 10.4. The number of carboxylic acids is 1. The van der Waals surface area contributed by atoms with Crippen molar-refractivity contribution < 1.29 is 33.7 Å². The number of carbonyl (C=O) groups excluding carboxylic acids is 2. The molecule has 0 bridgehead atoms.